The molecule has 0 aromatic rings. The second kappa shape index (κ2) is 37.8. The highest BCUT2D eigenvalue weighted by Gasteiger charge is 2.23. The molecule has 0 rings (SSSR count). The van der Waals surface area contributed by atoms with Crippen molar-refractivity contribution in [1.82, 2.24) is 5.32 Å². The maximum Gasteiger partial charge on any atom is 0.472 e. The third-order valence-electron chi connectivity index (χ3n) is 9.29. The molecule has 298 valence electrons. The number of rotatable bonds is 40. The van der Waals surface area contributed by atoms with E-state index in [4.69, 9.17) is 13.8 Å². The van der Waals surface area contributed by atoms with Gasteiger partial charge in [0.05, 0.1) is 13.2 Å². The van der Waals surface area contributed by atoms with Crippen LogP contribution >= 0.6 is 7.82 Å². The van der Waals surface area contributed by atoms with E-state index < -0.39 is 26.5 Å². The molecule has 0 radical (unpaired) electrons. The Morgan fingerprint density at radius 1 is 0.540 bits per heavy atom. The smallest absolute Gasteiger partial charge is 0.463 e. The molecule has 2 atom stereocenters. The SMILES string of the molecule is CCCCCCCCCCCCCCCCCCCC(=O)OCC(O)COP(=O)(O)OCCNC(=O)CCCCCCCCCCCCCC. The zero-order valence-corrected chi connectivity index (χ0v) is 33.5. The molecule has 0 fully saturated rings. The first-order valence-corrected chi connectivity index (χ1v) is 22.5. The Morgan fingerprint density at radius 2 is 0.900 bits per heavy atom. The van der Waals surface area contributed by atoms with Gasteiger partial charge in [-0.2, -0.15) is 0 Å². The number of hydrogen-bond acceptors (Lipinski definition) is 7. The molecule has 50 heavy (non-hydrogen) atoms. The van der Waals surface area contributed by atoms with Crippen molar-refractivity contribution in [2.75, 3.05) is 26.4 Å². The van der Waals surface area contributed by atoms with E-state index in [0.717, 1.165) is 38.5 Å². The molecule has 0 saturated carbocycles. The van der Waals surface area contributed by atoms with Gasteiger partial charge in [0.25, 0.3) is 0 Å². The predicted molar refractivity (Wildman–Crippen MR) is 206 cm³/mol. The van der Waals surface area contributed by atoms with Crippen molar-refractivity contribution in [2.24, 2.45) is 0 Å². The Labute approximate surface area is 307 Å². The van der Waals surface area contributed by atoms with Crippen molar-refractivity contribution in [3.05, 3.63) is 0 Å². The number of carbonyl (C=O) groups excluding carboxylic acids is 2. The molecule has 0 spiro atoms. The quantitative estimate of drug-likeness (QED) is 0.0322. The molecule has 0 aromatic carbocycles. The van der Waals surface area contributed by atoms with E-state index in [1.54, 1.807) is 0 Å². The van der Waals surface area contributed by atoms with Crippen LogP contribution < -0.4 is 5.32 Å². The lowest BCUT2D eigenvalue weighted by molar-refractivity contribution is -0.147. The topological polar surface area (TPSA) is 131 Å². The van der Waals surface area contributed by atoms with Gasteiger partial charge in [-0.15, -0.1) is 0 Å². The summed E-state index contributed by atoms with van der Waals surface area (Å²) in [6, 6.07) is 0. The summed E-state index contributed by atoms with van der Waals surface area (Å²) in [7, 11) is -4.40. The third-order valence-corrected chi connectivity index (χ3v) is 10.3. The van der Waals surface area contributed by atoms with Crippen molar-refractivity contribution in [3.63, 3.8) is 0 Å². The first-order chi connectivity index (χ1) is 24.3. The second-order valence-electron chi connectivity index (χ2n) is 14.3. The summed E-state index contributed by atoms with van der Waals surface area (Å²) < 4.78 is 26.8. The van der Waals surface area contributed by atoms with Gasteiger partial charge in [0.1, 0.15) is 12.7 Å². The number of unbranched alkanes of at least 4 members (excludes halogenated alkanes) is 27. The van der Waals surface area contributed by atoms with Crippen molar-refractivity contribution in [3.8, 4) is 0 Å². The number of carbonyl (C=O) groups is 2. The molecule has 0 aliphatic carbocycles. The standard InChI is InChI=1S/C40H80NO8P/c1-3-5-7-9-11-13-15-17-18-19-20-21-23-25-27-29-31-33-40(44)47-36-38(42)37-49-50(45,46)48-35-34-41-39(43)32-30-28-26-24-22-16-14-12-10-8-6-4-2/h38,42H,3-37H2,1-2H3,(H,41,43)(H,45,46). The van der Waals surface area contributed by atoms with Crippen molar-refractivity contribution in [2.45, 2.75) is 219 Å². The average Bonchev–Trinajstić information content (AvgIpc) is 3.10. The van der Waals surface area contributed by atoms with Gasteiger partial charge in [-0.05, 0) is 12.8 Å². The lowest BCUT2D eigenvalue weighted by Crippen LogP contribution is -2.27. The van der Waals surface area contributed by atoms with Gasteiger partial charge in [0.15, 0.2) is 0 Å². The monoisotopic (exact) mass is 734 g/mol. The summed E-state index contributed by atoms with van der Waals surface area (Å²) in [5.41, 5.74) is 0. The lowest BCUT2D eigenvalue weighted by atomic mass is 10.0. The van der Waals surface area contributed by atoms with Crippen LogP contribution in [0, 0.1) is 0 Å². The molecule has 0 bridgehead atoms. The number of amides is 1. The molecule has 1 amide bonds. The largest absolute Gasteiger partial charge is 0.472 e. The number of aliphatic hydroxyl groups is 1. The van der Waals surface area contributed by atoms with Gasteiger partial charge >= 0.3 is 13.8 Å². The number of phosphoric acid groups is 1. The van der Waals surface area contributed by atoms with Crippen LogP contribution in [0.15, 0.2) is 0 Å². The number of ether oxygens (including phenoxy) is 1. The van der Waals surface area contributed by atoms with Crippen molar-refractivity contribution < 1.29 is 37.9 Å². The zero-order chi connectivity index (χ0) is 36.8. The number of hydrogen-bond donors (Lipinski definition) is 3. The molecule has 0 saturated heterocycles. The number of phosphoric ester groups is 1. The molecule has 10 heteroatoms. The fraction of sp³-hybridized carbons (Fsp3) is 0.950. The summed E-state index contributed by atoms with van der Waals surface area (Å²) in [6.45, 7) is 3.58. The Morgan fingerprint density at radius 3 is 1.30 bits per heavy atom. The van der Waals surface area contributed by atoms with E-state index >= 15 is 0 Å². The average molecular weight is 734 g/mol. The Bertz CT molecular complexity index is 799. The highest BCUT2D eigenvalue weighted by atomic mass is 31.2. The van der Waals surface area contributed by atoms with Gasteiger partial charge < -0.3 is 20.1 Å². The highest BCUT2D eigenvalue weighted by molar-refractivity contribution is 7.47. The lowest BCUT2D eigenvalue weighted by Gasteiger charge is -2.15. The van der Waals surface area contributed by atoms with Gasteiger partial charge in [0, 0.05) is 19.4 Å². The van der Waals surface area contributed by atoms with E-state index in [2.05, 4.69) is 19.2 Å². The summed E-state index contributed by atoms with van der Waals surface area (Å²) in [6.07, 6.45) is 36.0. The van der Waals surface area contributed by atoms with E-state index in [1.165, 1.54) is 148 Å². The van der Waals surface area contributed by atoms with Gasteiger partial charge in [-0.1, -0.05) is 187 Å². The first-order valence-electron chi connectivity index (χ1n) is 21.0. The molecule has 0 heterocycles. The molecule has 2 unspecified atom stereocenters. The number of nitrogens with one attached hydrogen (secondary N) is 1. The van der Waals surface area contributed by atoms with Crippen LogP contribution in [0.2, 0.25) is 0 Å². The fourth-order valence-electron chi connectivity index (χ4n) is 6.09. The summed E-state index contributed by atoms with van der Waals surface area (Å²) in [4.78, 5) is 33.8. The van der Waals surface area contributed by atoms with Gasteiger partial charge in [-0.25, -0.2) is 4.57 Å². The van der Waals surface area contributed by atoms with E-state index in [0.29, 0.717) is 12.8 Å². The van der Waals surface area contributed by atoms with Crippen molar-refractivity contribution >= 4 is 19.7 Å². The predicted octanol–water partition coefficient (Wildman–Crippen LogP) is 11.3. The molecule has 0 aliphatic rings. The Hall–Kier alpha value is -0.990. The van der Waals surface area contributed by atoms with Gasteiger partial charge in [-0.3, -0.25) is 18.6 Å². The van der Waals surface area contributed by atoms with Crippen LogP contribution in [-0.4, -0.2) is 54.3 Å². The maximum absolute atomic E-state index is 12.1. The second-order valence-corrected chi connectivity index (χ2v) is 15.8. The maximum atomic E-state index is 12.1. The van der Waals surface area contributed by atoms with Crippen LogP contribution in [0.5, 0.6) is 0 Å². The Kier molecular flexibility index (Phi) is 37.0. The fourth-order valence-corrected chi connectivity index (χ4v) is 6.84. The molecular formula is C40H80NO8P. The van der Waals surface area contributed by atoms with Crippen LogP contribution in [0.4, 0.5) is 0 Å². The third kappa shape index (κ3) is 38.2. The van der Waals surface area contributed by atoms with Crippen molar-refractivity contribution in [1.29, 1.82) is 0 Å². The molecule has 0 aliphatic heterocycles. The molecule has 3 N–H and O–H groups in total. The number of aliphatic hydroxyl groups excluding tert-OH is 1. The molecular weight excluding hydrogens is 653 g/mol. The van der Waals surface area contributed by atoms with E-state index in [1.807, 2.05) is 0 Å². The summed E-state index contributed by atoms with van der Waals surface area (Å²) in [5, 5.41) is 12.7. The Balaban J connectivity index is 3.56. The summed E-state index contributed by atoms with van der Waals surface area (Å²) in [5.74, 6) is -0.505. The first kappa shape index (κ1) is 49.0. The molecule has 0 aromatic heterocycles. The zero-order valence-electron chi connectivity index (χ0n) is 32.6. The van der Waals surface area contributed by atoms with Crippen LogP contribution in [-0.2, 0) is 27.9 Å². The minimum atomic E-state index is -4.40. The molecule has 9 nitrogen and oxygen atoms in total. The van der Waals surface area contributed by atoms with Crippen LogP contribution in [0.1, 0.15) is 213 Å². The van der Waals surface area contributed by atoms with E-state index in [-0.39, 0.29) is 25.7 Å². The minimum absolute atomic E-state index is 0.0879. The number of esters is 1. The normalized spacial score (nSPS) is 13.3. The minimum Gasteiger partial charge on any atom is -0.463 e. The summed E-state index contributed by atoms with van der Waals surface area (Å²) >= 11 is 0. The van der Waals surface area contributed by atoms with Crippen LogP contribution in [0.3, 0.4) is 0 Å². The van der Waals surface area contributed by atoms with E-state index in [9.17, 15) is 24.2 Å². The van der Waals surface area contributed by atoms with Crippen LogP contribution in [0.25, 0.3) is 0 Å². The van der Waals surface area contributed by atoms with Gasteiger partial charge in [0.2, 0.25) is 5.91 Å². The highest BCUT2D eigenvalue weighted by Crippen LogP contribution is 2.42.